The molecule has 1 aromatic rings. The van der Waals surface area contributed by atoms with Gasteiger partial charge in [0.1, 0.15) is 10.8 Å². The Morgan fingerprint density at radius 3 is 2.50 bits per heavy atom. The van der Waals surface area contributed by atoms with E-state index in [0.717, 1.165) is 54.7 Å². The minimum atomic E-state index is -0.833. The minimum Gasteiger partial charge on any atom is -0.481 e. The van der Waals surface area contributed by atoms with Crippen LogP contribution in [0.5, 0.6) is 0 Å². The van der Waals surface area contributed by atoms with Crippen LogP contribution in [-0.2, 0) is 16.0 Å². The molecular weight excluding hydrogens is 356 g/mol. The van der Waals surface area contributed by atoms with Crippen LogP contribution in [0, 0.1) is 5.92 Å². The van der Waals surface area contributed by atoms with Crippen molar-refractivity contribution in [2.24, 2.45) is 5.92 Å². The largest absolute Gasteiger partial charge is 0.481 e. The topological polar surface area (TPSA) is 82.8 Å². The van der Waals surface area contributed by atoms with Gasteiger partial charge in [0.15, 0.2) is 0 Å². The van der Waals surface area contributed by atoms with Crippen molar-refractivity contribution in [3.63, 3.8) is 0 Å². The summed E-state index contributed by atoms with van der Waals surface area (Å²) in [5.74, 6) is -0.515. The van der Waals surface area contributed by atoms with E-state index in [-0.39, 0.29) is 11.8 Å². The second-order valence-electron chi connectivity index (χ2n) is 7.38. The molecule has 1 heterocycles. The van der Waals surface area contributed by atoms with E-state index < -0.39 is 5.97 Å². The number of amides is 1. The molecule has 1 fully saturated rings. The highest BCUT2D eigenvalue weighted by Crippen LogP contribution is 2.27. The highest BCUT2D eigenvalue weighted by atomic mass is 16.4. The molecule has 3 aliphatic rings. The minimum absolute atomic E-state index is 0.137. The van der Waals surface area contributed by atoms with Crippen LogP contribution >= 0.6 is 0 Å². The number of carbonyl (C=O) groups excluding carboxylic acids is 1. The van der Waals surface area contributed by atoms with E-state index in [2.05, 4.69) is 30.4 Å². The van der Waals surface area contributed by atoms with E-state index in [9.17, 15) is 4.79 Å². The second kappa shape index (κ2) is 8.33. The van der Waals surface area contributed by atoms with Crippen molar-refractivity contribution in [3.8, 4) is 0 Å². The normalized spacial score (nSPS) is 17.0. The molecule has 2 N–H and O–H groups in total. The van der Waals surface area contributed by atoms with Crippen LogP contribution in [0.4, 0.5) is 0 Å². The SMILES string of the molecule is CC(=O)O.CN(C)C1=CC=c2oc3c(c2C1)C=C(NC(=O)C1CCC1)C=CC=3. The van der Waals surface area contributed by atoms with Crippen LogP contribution in [0.25, 0.3) is 18.2 Å². The van der Waals surface area contributed by atoms with E-state index in [1.807, 2.05) is 30.4 Å². The first kappa shape index (κ1) is 19.7. The Morgan fingerprint density at radius 1 is 1.18 bits per heavy atom. The number of aliphatic carboxylic acids is 1. The Balaban J connectivity index is 0.000000516. The van der Waals surface area contributed by atoms with Crippen molar-refractivity contribution in [1.82, 2.24) is 10.2 Å². The molecule has 0 spiro atoms. The van der Waals surface area contributed by atoms with Crippen molar-refractivity contribution in [3.05, 3.63) is 51.6 Å². The summed E-state index contributed by atoms with van der Waals surface area (Å²) in [7, 11) is 4.11. The van der Waals surface area contributed by atoms with E-state index in [0.29, 0.717) is 0 Å². The van der Waals surface area contributed by atoms with Crippen molar-refractivity contribution in [2.75, 3.05) is 14.1 Å². The third-order valence-corrected chi connectivity index (χ3v) is 5.03. The lowest BCUT2D eigenvalue weighted by atomic mass is 9.85. The molecule has 1 saturated carbocycles. The highest BCUT2D eigenvalue weighted by molar-refractivity contribution is 5.83. The van der Waals surface area contributed by atoms with E-state index in [1.54, 1.807) is 0 Å². The summed E-state index contributed by atoms with van der Waals surface area (Å²) in [6.45, 7) is 1.08. The number of carbonyl (C=O) groups is 2. The number of rotatable bonds is 3. The number of allylic oxidation sites excluding steroid dienone is 4. The number of carboxylic acid groups (broad SMARTS) is 1. The monoisotopic (exact) mass is 382 g/mol. The van der Waals surface area contributed by atoms with Crippen molar-refractivity contribution in [2.45, 2.75) is 32.6 Å². The Labute approximate surface area is 164 Å². The summed E-state index contributed by atoms with van der Waals surface area (Å²) < 4.78 is 5.99. The number of hydrogen-bond donors (Lipinski definition) is 2. The molecule has 0 aliphatic heterocycles. The maximum absolute atomic E-state index is 12.2. The molecule has 0 bridgehead atoms. The Kier molecular flexibility index (Phi) is 5.87. The molecular formula is C22H26N2O4. The molecule has 3 aliphatic carbocycles. The number of furan rings is 1. The second-order valence-corrected chi connectivity index (χ2v) is 7.38. The van der Waals surface area contributed by atoms with Gasteiger partial charge in [-0.25, -0.2) is 0 Å². The number of nitrogens with one attached hydrogen (secondary N) is 1. The first-order chi connectivity index (χ1) is 13.3. The van der Waals surface area contributed by atoms with Gasteiger partial charge in [0.25, 0.3) is 5.97 Å². The predicted molar refractivity (Wildman–Crippen MR) is 108 cm³/mol. The van der Waals surface area contributed by atoms with Crippen molar-refractivity contribution >= 4 is 30.1 Å². The zero-order chi connectivity index (χ0) is 20.3. The van der Waals surface area contributed by atoms with Gasteiger partial charge in [-0.2, -0.15) is 0 Å². The average molecular weight is 382 g/mol. The molecule has 1 aromatic heterocycles. The number of likely N-dealkylation sites (N-methyl/N-ethyl adjacent to an activating group) is 1. The number of nitrogens with zero attached hydrogens (tertiary/aromatic N) is 1. The van der Waals surface area contributed by atoms with Crippen LogP contribution in [0.1, 0.15) is 37.3 Å². The van der Waals surface area contributed by atoms with Gasteiger partial charge in [0, 0.05) is 55.9 Å². The van der Waals surface area contributed by atoms with Gasteiger partial charge in [-0.15, -0.1) is 0 Å². The van der Waals surface area contributed by atoms with Gasteiger partial charge in [-0.1, -0.05) is 12.5 Å². The van der Waals surface area contributed by atoms with Gasteiger partial charge >= 0.3 is 0 Å². The highest BCUT2D eigenvalue weighted by Gasteiger charge is 2.25. The molecule has 4 rings (SSSR count). The predicted octanol–water partition coefficient (Wildman–Crippen LogP) is 1.76. The Bertz CT molecular complexity index is 984. The van der Waals surface area contributed by atoms with Crippen molar-refractivity contribution < 1.29 is 19.1 Å². The number of hydrogen-bond acceptors (Lipinski definition) is 4. The fourth-order valence-corrected chi connectivity index (χ4v) is 3.27. The molecule has 28 heavy (non-hydrogen) atoms. The molecule has 148 valence electrons. The van der Waals surface area contributed by atoms with Gasteiger partial charge in [-0.3, -0.25) is 9.59 Å². The molecule has 1 amide bonds. The molecule has 0 aromatic carbocycles. The Morgan fingerprint density at radius 2 is 1.89 bits per heavy atom. The third-order valence-electron chi connectivity index (χ3n) is 5.03. The molecule has 6 nitrogen and oxygen atoms in total. The maximum Gasteiger partial charge on any atom is 0.300 e. The van der Waals surface area contributed by atoms with Crippen LogP contribution in [0.3, 0.4) is 0 Å². The summed E-state index contributed by atoms with van der Waals surface area (Å²) in [6.07, 6.45) is 16.0. The first-order valence-electron chi connectivity index (χ1n) is 9.45. The summed E-state index contributed by atoms with van der Waals surface area (Å²) in [5.41, 5.74) is 6.12. The van der Waals surface area contributed by atoms with Gasteiger partial charge < -0.3 is 19.7 Å². The van der Waals surface area contributed by atoms with Crippen LogP contribution < -0.4 is 16.1 Å². The molecule has 0 radical (unpaired) electrons. The van der Waals surface area contributed by atoms with E-state index in [4.69, 9.17) is 14.3 Å². The van der Waals surface area contributed by atoms with Crippen LogP contribution in [-0.4, -0.2) is 36.0 Å². The van der Waals surface area contributed by atoms with E-state index in [1.165, 1.54) is 11.3 Å². The Hall–Kier alpha value is -3.02. The quantitative estimate of drug-likeness (QED) is 0.832. The zero-order valence-electron chi connectivity index (χ0n) is 16.5. The van der Waals surface area contributed by atoms with Gasteiger partial charge in [0.2, 0.25) is 5.91 Å². The molecule has 0 saturated heterocycles. The zero-order valence-corrected chi connectivity index (χ0v) is 16.5. The summed E-state index contributed by atoms with van der Waals surface area (Å²) in [4.78, 5) is 23.4. The lowest BCUT2D eigenvalue weighted by molar-refractivity contribution is -0.134. The van der Waals surface area contributed by atoms with E-state index >= 15 is 0 Å². The van der Waals surface area contributed by atoms with Crippen LogP contribution in [0.15, 0.2) is 34.0 Å². The average Bonchev–Trinajstić information content (AvgIpc) is 2.77. The number of carboxylic acids is 1. The first-order valence-corrected chi connectivity index (χ1v) is 9.45. The molecule has 0 unspecified atom stereocenters. The lowest BCUT2D eigenvalue weighted by Gasteiger charge is -2.24. The summed E-state index contributed by atoms with van der Waals surface area (Å²) in [5, 5.41) is 10.5. The molecule has 0 atom stereocenters. The van der Waals surface area contributed by atoms with Gasteiger partial charge in [0.05, 0.1) is 0 Å². The number of fused-ring (bicyclic) bond motifs is 3. The smallest absolute Gasteiger partial charge is 0.300 e. The fraction of sp³-hybridized carbons (Fsp3) is 0.364. The van der Waals surface area contributed by atoms with Crippen LogP contribution in [0.2, 0.25) is 0 Å². The fourth-order valence-electron chi connectivity index (χ4n) is 3.27. The molecule has 6 heteroatoms. The maximum atomic E-state index is 12.2. The van der Waals surface area contributed by atoms with Gasteiger partial charge in [-0.05, 0) is 43.2 Å². The summed E-state index contributed by atoms with van der Waals surface area (Å²) >= 11 is 0. The third kappa shape index (κ3) is 4.44. The standard InChI is InChI=1S/C20H22N2O2.C2H4O2/c1-22(2)15-9-10-19-17(12-15)16-11-14(7-4-8-18(16)24-19)21-20(23)13-5-3-6-13;1-2(3)4/h4,7-11,13H,3,5-6,12H2,1-2H3,(H,21,23);1H3,(H,3,4). The lowest BCUT2D eigenvalue weighted by Crippen LogP contribution is -2.33. The van der Waals surface area contributed by atoms with Crippen molar-refractivity contribution in [1.29, 1.82) is 0 Å². The summed E-state index contributed by atoms with van der Waals surface area (Å²) in [6, 6.07) is 0.